The quantitative estimate of drug-likeness (QED) is 0.769. The Balaban J connectivity index is 2.04. The molecule has 130 valence electrons. The summed E-state index contributed by atoms with van der Waals surface area (Å²) in [6.45, 7) is 2.27. The molecule has 1 aromatic carbocycles. The second-order valence-electron chi connectivity index (χ2n) is 6.26. The van der Waals surface area contributed by atoms with E-state index in [1.54, 1.807) is 12.1 Å². The highest BCUT2D eigenvalue weighted by atomic mass is 32.2. The van der Waals surface area contributed by atoms with Gasteiger partial charge in [-0.3, -0.25) is 4.79 Å². The zero-order chi connectivity index (χ0) is 17.6. The van der Waals surface area contributed by atoms with Gasteiger partial charge in [-0.05, 0) is 49.8 Å². The van der Waals surface area contributed by atoms with Crippen molar-refractivity contribution in [1.29, 1.82) is 5.26 Å². The first-order chi connectivity index (χ1) is 11.4. The standard InChI is InChI=1S/C17H23N3O3S/c1-13-6-8-15(9-7-13)20-17(21)14-4-2-5-16(12-14)24(22,23)19-11-3-10-18/h2,4-5,12-13,15,19H,3,6-9,11H2,1H3,(H,20,21). The molecule has 0 radical (unpaired) electrons. The predicted octanol–water partition coefficient (Wildman–Crippen LogP) is 2.19. The number of sulfonamides is 1. The molecule has 6 nitrogen and oxygen atoms in total. The van der Waals surface area contributed by atoms with Gasteiger partial charge in [0.15, 0.2) is 0 Å². The Bertz CT molecular complexity index is 717. The van der Waals surface area contributed by atoms with Gasteiger partial charge in [-0.15, -0.1) is 0 Å². The van der Waals surface area contributed by atoms with Gasteiger partial charge in [-0.1, -0.05) is 13.0 Å². The molecule has 1 saturated carbocycles. The number of benzene rings is 1. The average Bonchev–Trinajstić information content (AvgIpc) is 2.57. The molecule has 24 heavy (non-hydrogen) atoms. The van der Waals surface area contributed by atoms with Crippen LogP contribution in [0.4, 0.5) is 0 Å². The van der Waals surface area contributed by atoms with Crippen molar-refractivity contribution in [1.82, 2.24) is 10.0 Å². The molecule has 2 rings (SSSR count). The largest absolute Gasteiger partial charge is 0.349 e. The van der Waals surface area contributed by atoms with E-state index in [1.165, 1.54) is 12.1 Å². The number of carbonyl (C=O) groups is 1. The Morgan fingerprint density at radius 3 is 2.67 bits per heavy atom. The fraction of sp³-hybridized carbons (Fsp3) is 0.529. The van der Waals surface area contributed by atoms with Crippen LogP contribution in [0.5, 0.6) is 0 Å². The van der Waals surface area contributed by atoms with E-state index in [4.69, 9.17) is 5.26 Å². The number of hydrogen-bond donors (Lipinski definition) is 2. The van der Waals surface area contributed by atoms with E-state index in [0.29, 0.717) is 11.5 Å². The second-order valence-corrected chi connectivity index (χ2v) is 8.03. The molecule has 1 aliphatic carbocycles. The van der Waals surface area contributed by atoms with Gasteiger partial charge in [0.25, 0.3) is 5.91 Å². The Morgan fingerprint density at radius 1 is 1.29 bits per heavy atom. The van der Waals surface area contributed by atoms with Crippen LogP contribution in [0.3, 0.4) is 0 Å². The number of nitriles is 1. The topological polar surface area (TPSA) is 99.1 Å². The lowest BCUT2D eigenvalue weighted by Crippen LogP contribution is -2.37. The first kappa shape index (κ1) is 18.4. The molecular weight excluding hydrogens is 326 g/mol. The fourth-order valence-corrected chi connectivity index (χ4v) is 3.88. The molecule has 0 aliphatic heterocycles. The average molecular weight is 349 g/mol. The van der Waals surface area contributed by atoms with Crippen molar-refractivity contribution < 1.29 is 13.2 Å². The minimum Gasteiger partial charge on any atom is -0.349 e. The zero-order valence-electron chi connectivity index (χ0n) is 13.8. The third kappa shape index (κ3) is 5.05. The van der Waals surface area contributed by atoms with E-state index in [1.807, 2.05) is 6.07 Å². The van der Waals surface area contributed by atoms with Crippen molar-refractivity contribution in [3.05, 3.63) is 29.8 Å². The summed E-state index contributed by atoms with van der Waals surface area (Å²) in [5, 5.41) is 11.5. The summed E-state index contributed by atoms with van der Waals surface area (Å²) in [6.07, 6.45) is 4.21. The highest BCUT2D eigenvalue weighted by Gasteiger charge is 2.21. The Labute approximate surface area is 143 Å². The summed E-state index contributed by atoms with van der Waals surface area (Å²) in [5.41, 5.74) is 0.330. The molecule has 1 aromatic rings. The van der Waals surface area contributed by atoms with Gasteiger partial charge in [0.1, 0.15) is 0 Å². The van der Waals surface area contributed by atoms with Crippen LogP contribution in [0.25, 0.3) is 0 Å². The monoisotopic (exact) mass is 349 g/mol. The Morgan fingerprint density at radius 2 is 2.00 bits per heavy atom. The van der Waals surface area contributed by atoms with Gasteiger partial charge < -0.3 is 5.32 Å². The van der Waals surface area contributed by atoms with Crippen molar-refractivity contribution >= 4 is 15.9 Å². The molecule has 0 heterocycles. The van der Waals surface area contributed by atoms with Crippen LogP contribution in [0.2, 0.25) is 0 Å². The molecule has 0 saturated heterocycles. The van der Waals surface area contributed by atoms with Crippen LogP contribution < -0.4 is 10.0 Å². The maximum absolute atomic E-state index is 12.4. The molecule has 1 aliphatic rings. The number of carbonyl (C=O) groups excluding carboxylic acids is 1. The summed E-state index contributed by atoms with van der Waals surface area (Å²) in [6, 6.07) is 8.00. The SMILES string of the molecule is CC1CCC(NC(=O)c2cccc(S(=O)(=O)NCCC#N)c2)CC1. The summed E-state index contributed by atoms with van der Waals surface area (Å²) in [5.74, 6) is 0.453. The van der Waals surface area contributed by atoms with E-state index in [9.17, 15) is 13.2 Å². The first-order valence-corrected chi connectivity index (χ1v) is 9.68. The first-order valence-electron chi connectivity index (χ1n) is 8.20. The third-order valence-electron chi connectivity index (χ3n) is 4.29. The Hall–Kier alpha value is -1.91. The van der Waals surface area contributed by atoms with Gasteiger partial charge in [-0.2, -0.15) is 5.26 Å². The van der Waals surface area contributed by atoms with Gasteiger partial charge >= 0.3 is 0 Å². The normalized spacial score (nSPS) is 21.0. The Kier molecular flexibility index (Phi) is 6.35. The number of rotatable bonds is 6. The molecular formula is C17H23N3O3S. The minimum atomic E-state index is -3.71. The van der Waals surface area contributed by atoms with Crippen molar-refractivity contribution in [2.24, 2.45) is 5.92 Å². The van der Waals surface area contributed by atoms with Crippen molar-refractivity contribution in [3.8, 4) is 6.07 Å². The van der Waals surface area contributed by atoms with Gasteiger partial charge in [-0.25, -0.2) is 13.1 Å². The maximum Gasteiger partial charge on any atom is 0.251 e. The van der Waals surface area contributed by atoms with Crippen LogP contribution in [-0.2, 0) is 10.0 Å². The molecule has 0 aromatic heterocycles. The molecule has 1 amide bonds. The van der Waals surface area contributed by atoms with Gasteiger partial charge in [0.2, 0.25) is 10.0 Å². The second kappa shape index (κ2) is 8.27. The zero-order valence-corrected chi connectivity index (χ0v) is 14.6. The summed E-state index contributed by atoms with van der Waals surface area (Å²) < 4.78 is 26.7. The number of hydrogen-bond acceptors (Lipinski definition) is 4. The smallest absolute Gasteiger partial charge is 0.251 e. The maximum atomic E-state index is 12.4. The number of nitrogens with one attached hydrogen (secondary N) is 2. The molecule has 2 N–H and O–H groups in total. The minimum absolute atomic E-state index is 0.0327. The summed E-state index contributed by atoms with van der Waals surface area (Å²) >= 11 is 0. The summed E-state index contributed by atoms with van der Waals surface area (Å²) in [7, 11) is -3.71. The van der Waals surface area contributed by atoms with E-state index in [0.717, 1.165) is 25.7 Å². The van der Waals surface area contributed by atoms with Gasteiger partial charge in [0, 0.05) is 24.6 Å². The van der Waals surface area contributed by atoms with Gasteiger partial charge in [0.05, 0.1) is 11.0 Å². The van der Waals surface area contributed by atoms with E-state index >= 15 is 0 Å². The van der Waals surface area contributed by atoms with Crippen LogP contribution in [-0.4, -0.2) is 26.9 Å². The molecule has 0 spiro atoms. The van der Waals surface area contributed by atoms with Crippen molar-refractivity contribution in [2.45, 2.75) is 50.0 Å². The number of nitrogens with zero attached hydrogens (tertiary/aromatic N) is 1. The lowest BCUT2D eigenvalue weighted by Gasteiger charge is -2.26. The van der Waals surface area contributed by atoms with Crippen LogP contribution >= 0.6 is 0 Å². The lowest BCUT2D eigenvalue weighted by molar-refractivity contribution is 0.0923. The van der Waals surface area contributed by atoms with Crippen LogP contribution in [0, 0.1) is 17.2 Å². The van der Waals surface area contributed by atoms with E-state index in [2.05, 4.69) is 17.0 Å². The van der Waals surface area contributed by atoms with Crippen molar-refractivity contribution in [2.75, 3.05) is 6.54 Å². The molecule has 1 fully saturated rings. The molecule has 7 heteroatoms. The van der Waals surface area contributed by atoms with E-state index < -0.39 is 10.0 Å². The number of amides is 1. The summed E-state index contributed by atoms with van der Waals surface area (Å²) in [4.78, 5) is 12.4. The van der Waals surface area contributed by atoms with Crippen molar-refractivity contribution in [3.63, 3.8) is 0 Å². The molecule has 0 atom stereocenters. The van der Waals surface area contributed by atoms with Crippen LogP contribution in [0.1, 0.15) is 49.4 Å². The highest BCUT2D eigenvalue weighted by molar-refractivity contribution is 7.89. The molecule has 0 unspecified atom stereocenters. The lowest BCUT2D eigenvalue weighted by atomic mass is 9.87. The third-order valence-corrected chi connectivity index (χ3v) is 5.75. The van der Waals surface area contributed by atoms with Crippen LogP contribution in [0.15, 0.2) is 29.2 Å². The highest BCUT2D eigenvalue weighted by Crippen LogP contribution is 2.23. The fourth-order valence-electron chi connectivity index (χ4n) is 2.80. The molecule has 0 bridgehead atoms. The predicted molar refractivity (Wildman–Crippen MR) is 90.7 cm³/mol. The van der Waals surface area contributed by atoms with E-state index in [-0.39, 0.29) is 29.8 Å².